The van der Waals surface area contributed by atoms with Gasteiger partial charge in [0.15, 0.2) is 5.11 Å². The fourth-order valence-corrected chi connectivity index (χ4v) is 6.33. The molecule has 0 unspecified atom stereocenters. The van der Waals surface area contributed by atoms with Gasteiger partial charge in [-0.15, -0.1) is 0 Å². The first-order chi connectivity index (χ1) is 19.9. The van der Waals surface area contributed by atoms with Gasteiger partial charge in [-0.25, -0.2) is 0 Å². The zero-order valence-corrected chi connectivity index (χ0v) is 24.5. The van der Waals surface area contributed by atoms with E-state index >= 15 is 0 Å². The number of thiocarbonyl (C=S) groups is 1. The molecule has 1 amide bonds. The maximum atomic E-state index is 12.1. The summed E-state index contributed by atoms with van der Waals surface area (Å²) in [5.74, 6) is -0.00632. The Morgan fingerprint density at radius 1 is 0.976 bits per heavy atom. The van der Waals surface area contributed by atoms with Crippen molar-refractivity contribution in [3.63, 3.8) is 0 Å². The van der Waals surface area contributed by atoms with Gasteiger partial charge in [0.25, 0.3) is 0 Å². The second-order valence-corrected chi connectivity index (χ2v) is 10.9. The normalized spacial score (nSPS) is 16.7. The van der Waals surface area contributed by atoms with Gasteiger partial charge < -0.3 is 20.1 Å². The number of aromatic nitrogens is 2. The van der Waals surface area contributed by atoms with Crippen LogP contribution in [0.3, 0.4) is 0 Å². The molecule has 1 fully saturated rings. The number of pyridine rings is 1. The van der Waals surface area contributed by atoms with Gasteiger partial charge in [-0.3, -0.25) is 9.78 Å². The van der Waals surface area contributed by atoms with Crippen molar-refractivity contribution in [2.24, 2.45) is 0 Å². The van der Waals surface area contributed by atoms with E-state index in [-0.39, 0.29) is 18.0 Å². The summed E-state index contributed by atoms with van der Waals surface area (Å²) in [6, 6.07) is 29.0. The monoisotopic (exact) mass is 559 g/mol. The van der Waals surface area contributed by atoms with Crippen LogP contribution in [-0.2, 0) is 4.79 Å². The topological polar surface area (TPSA) is 62.2 Å². The van der Waals surface area contributed by atoms with Gasteiger partial charge in [0.1, 0.15) is 0 Å². The zero-order valence-electron chi connectivity index (χ0n) is 23.7. The van der Waals surface area contributed by atoms with Crippen LogP contribution in [0.2, 0.25) is 0 Å². The van der Waals surface area contributed by atoms with Crippen LogP contribution in [0.5, 0.6) is 0 Å². The molecule has 0 aliphatic carbocycles. The van der Waals surface area contributed by atoms with E-state index in [2.05, 4.69) is 94.6 Å². The maximum absolute atomic E-state index is 12.1. The van der Waals surface area contributed by atoms with Crippen LogP contribution >= 0.6 is 12.2 Å². The number of hydrogen-bond acceptors (Lipinski definition) is 3. The second-order valence-electron chi connectivity index (χ2n) is 10.6. The third-order valence-corrected chi connectivity index (χ3v) is 8.29. The predicted molar refractivity (Wildman–Crippen MR) is 171 cm³/mol. The van der Waals surface area contributed by atoms with Gasteiger partial charge in [0.2, 0.25) is 5.91 Å². The lowest BCUT2D eigenvalue weighted by molar-refractivity contribution is -0.115. The third kappa shape index (κ3) is 4.76. The molecule has 0 spiro atoms. The molecule has 2 N–H and O–H groups in total. The highest BCUT2D eigenvalue weighted by molar-refractivity contribution is 7.80. The molecular formula is C34H33N5OS. The number of carbonyl (C=O) groups is 1. The standard InChI is InChI=1S/C34H33N5OS/c1-5-31(40)36-28-17-16-25(19-21(28)2)39-33(32(37-34(39)41)29-14-8-9-18-35-29)27-20-22(3)38(23(27)4)30-15-10-12-24-11-6-7-13-26(24)30/h6-20,32-33H,5H2,1-4H3,(H,36,40)(H,37,41)/t32-,33-/m1/s1. The van der Waals surface area contributed by atoms with E-state index in [1.165, 1.54) is 16.3 Å². The number of carbonyl (C=O) groups excluding carboxylic acids is 1. The molecule has 3 aromatic carbocycles. The van der Waals surface area contributed by atoms with Crippen LogP contribution in [0.15, 0.2) is 91.1 Å². The van der Waals surface area contributed by atoms with Crippen molar-refractivity contribution in [1.29, 1.82) is 0 Å². The molecule has 0 bridgehead atoms. The van der Waals surface area contributed by atoms with Crippen molar-refractivity contribution in [3.8, 4) is 5.69 Å². The molecule has 6 nitrogen and oxygen atoms in total. The first-order valence-corrected chi connectivity index (χ1v) is 14.4. The smallest absolute Gasteiger partial charge is 0.224 e. The molecule has 3 heterocycles. The summed E-state index contributed by atoms with van der Waals surface area (Å²) < 4.78 is 2.35. The lowest BCUT2D eigenvalue weighted by Crippen LogP contribution is -2.29. The number of benzene rings is 3. The van der Waals surface area contributed by atoms with Crippen LogP contribution in [0.25, 0.3) is 16.5 Å². The van der Waals surface area contributed by atoms with Crippen molar-refractivity contribution in [2.75, 3.05) is 10.2 Å². The molecule has 41 heavy (non-hydrogen) atoms. The minimum Gasteiger partial charge on any atom is -0.351 e. The van der Waals surface area contributed by atoms with Crippen molar-refractivity contribution in [1.82, 2.24) is 14.9 Å². The first-order valence-electron chi connectivity index (χ1n) is 14.0. The largest absolute Gasteiger partial charge is 0.351 e. The summed E-state index contributed by atoms with van der Waals surface area (Å²) in [7, 11) is 0. The van der Waals surface area contributed by atoms with Crippen molar-refractivity contribution in [3.05, 3.63) is 119 Å². The van der Waals surface area contributed by atoms with Crippen molar-refractivity contribution >= 4 is 45.4 Å². The number of nitrogens with one attached hydrogen (secondary N) is 2. The summed E-state index contributed by atoms with van der Waals surface area (Å²) in [5, 5.41) is 9.65. The number of rotatable bonds is 6. The number of anilines is 2. The fourth-order valence-electron chi connectivity index (χ4n) is 5.99. The van der Waals surface area contributed by atoms with Crippen molar-refractivity contribution < 1.29 is 4.79 Å². The number of hydrogen-bond donors (Lipinski definition) is 2. The molecule has 0 saturated carbocycles. The van der Waals surface area contributed by atoms with Crippen LogP contribution in [0.1, 0.15) is 53.6 Å². The number of fused-ring (bicyclic) bond motifs is 1. The number of nitrogens with zero attached hydrogens (tertiary/aromatic N) is 3. The summed E-state index contributed by atoms with van der Waals surface area (Å²) in [5.41, 5.74) is 8.34. The van der Waals surface area contributed by atoms with Gasteiger partial charge in [-0.05, 0) is 92.0 Å². The Bertz CT molecular complexity index is 1770. The van der Waals surface area contributed by atoms with Gasteiger partial charge in [0.05, 0.1) is 23.5 Å². The predicted octanol–water partition coefficient (Wildman–Crippen LogP) is 7.48. The van der Waals surface area contributed by atoms with E-state index in [0.29, 0.717) is 11.5 Å². The Kier molecular flexibility index (Phi) is 7.05. The lowest BCUT2D eigenvalue weighted by atomic mass is 9.96. The van der Waals surface area contributed by atoms with E-state index in [1.54, 1.807) is 0 Å². The van der Waals surface area contributed by atoms with Crippen molar-refractivity contribution in [2.45, 2.75) is 46.2 Å². The summed E-state index contributed by atoms with van der Waals surface area (Å²) in [4.78, 5) is 19.0. The molecule has 0 radical (unpaired) electrons. The highest BCUT2D eigenvalue weighted by Gasteiger charge is 2.42. The van der Waals surface area contributed by atoms with Gasteiger partial charge in [0, 0.05) is 40.8 Å². The van der Waals surface area contributed by atoms with Gasteiger partial charge in [-0.1, -0.05) is 49.4 Å². The minimum atomic E-state index is -0.148. The average Bonchev–Trinajstić information content (AvgIpc) is 3.48. The Morgan fingerprint density at radius 2 is 1.76 bits per heavy atom. The van der Waals surface area contributed by atoms with E-state index in [1.807, 2.05) is 44.3 Å². The third-order valence-electron chi connectivity index (χ3n) is 7.98. The molecule has 1 saturated heterocycles. The summed E-state index contributed by atoms with van der Waals surface area (Å²) in [6.07, 6.45) is 2.26. The van der Waals surface area contributed by atoms with E-state index in [0.717, 1.165) is 39.7 Å². The van der Waals surface area contributed by atoms with Crippen LogP contribution in [-0.4, -0.2) is 20.6 Å². The summed E-state index contributed by atoms with van der Waals surface area (Å²) in [6.45, 7) is 8.21. The van der Waals surface area contributed by atoms with Crippen LogP contribution in [0, 0.1) is 20.8 Å². The lowest BCUT2D eigenvalue weighted by Gasteiger charge is -2.29. The minimum absolute atomic E-state index is 0.00632. The molecule has 7 heteroatoms. The zero-order chi connectivity index (χ0) is 28.7. The van der Waals surface area contributed by atoms with E-state index in [9.17, 15) is 4.79 Å². The molecule has 2 atom stereocenters. The Labute approximate surface area is 246 Å². The molecule has 1 aliphatic heterocycles. The molecule has 2 aromatic heterocycles. The molecular weight excluding hydrogens is 526 g/mol. The number of amides is 1. The quantitative estimate of drug-likeness (QED) is 0.211. The maximum Gasteiger partial charge on any atom is 0.224 e. The SMILES string of the molecule is CCC(=O)Nc1ccc(N2C(=S)N[C@H](c3ccccn3)[C@H]2c2cc(C)n(-c3cccc4ccccc34)c2C)cc1C. The molecule has 5 aromatic rings. The van der Waals surface area contributed by atoms with Gasteiger partial charge >= 0.3 is 0 Å². The molecule has 6 rings (SSSR count). The van der Waals surface area contributed by atoms with E-state index < -0.39 is 0 Å². The first kappa shape index (κ1) is 26.7. The van der Waals surface area contributed by atoms with Crippen LogP contribution in [0.4, 0.5) is 11.4 Å². The Balaban J connectivity index is 1.50. The fraction of sp³-hybridized carbons (Fsp3) is 0.206. The number of aryl methyl sites for hydroxylation is 2. The Morgan fingerprint density at radius 3 is 2.51 bits per heavy atom. The molecule has 1 aliphatic rings. The average molecular weight is 560 g/mol. The highest BCUT2D eigenvalue weighted by Crippen LogP contribution is 2.44. The van der Waals surface area contributed by atoms with Gasteiger partial charge in [-0.2, -0.15) is 0 Å². The Hall–Kier alpha value is -4.49. The highest BCUT2D eigenvalue weighted by atomic mass is 32.1. The van der Waals surface area contributed by atoms with Crippen LogP contribution < -0.4 is 15.5 Å². The summed E-state index contributed by atoms with van der Waals surface area (Å²) >= 11 is 5.99. The molecule has 206 valence electrons. The van der Waals surface area contributed by atoms with E-state index in [4.69, 9.17) is 17.2 Å². The second kappa shape index (κ2) is 10.8.